The predicted molar refractivity (Wildman–Crippen MR) is 109 cm³/mol. The van der Waals surface area contributed by atoms with Gasteiger partial charge in [-0.25, -0.2) is 0 Å². The van der Waals surface area contributed by atoms with Gasteiger partial charge < -0.3 is 9.84 Å². The number of benzene rings is 1. The number of likely N-dealkylation sites (tertiary alicyclic amines) is 1. The molecule has 120 valence electrons. The van der Waals surface area contributed by atoms with Crippen molar-refractivity contribution in [2.45, 2.75) is 20.5 Å². The van der Waals surface area contributed by atoms with Crippen molar-refractivity contribution in [3.8, 4) is 0 Å². The third-order valence-electron chi connectivity index (χ3n) is 3.92. The Balaban J connectivity index is 1.38. The van der Waals surface area contributed by atoms with E-state index in [0.29, 0.717) is 0 Å². The molecule has 0 unspecified atom stereocenters. The van der Waals surface area contributed by atoms with Crippen LogP contribution in [0.2, 0.25) is 0 Å². The molecule has 0 spiro atoms. The summed E-state index contributed by atoms with van der Waals surface area (Å²) in [5, 5.41) is 12.9. The molecule has 1 aromatic carbocycles. The third-order valence-corrected chi connectivity index (χ3v) is 7.27. The van der Waals surface area contributed by atoms with Gasteiger partial charge in [0.2, 0.25) is 0 Å². The monoisotopic (exact) mass is 543 g/mol. The van der Waals surface area contributed by atoms with Crippen molar-refractivity contribution in [1.82, 2.24) is 4.90 Å². The van der Waals surface area contributed by atoms with Gasteiger partial charge in [-0.2, -0.15) is 0 Å². The summed E-state index contributed by atoms with van der Waals surface area (Å²) < 4.78 is 7.22. The topological polar surface area (TPSA) is 32.7 Å². The van der Waals surface area contributed by atoms with Crippen LogP contribution in [0.3, 0.4) is 0 Å². The molecule has 6 heteroatoms. The Kier molecular flexibility index (Phi) is 6.00. The maximum atomic E-state index is 9.40. The van der Waals surface area contributed by atoms with E-state index in [0.717, 1.165) is 39.1 Å². The summed E-state index contributed by atoms with van der Waals surface area (Å²) in [5.74, 6) is 0. The lowest BCUT2D eigenvalue weighted by atomic mass is 10.1. The molecule has 0 saturated carbocycles. The van der Waals surface area contributed by atoms with Crippen molar-refractivity contribution in [3.63, 3.8) is 0 Å². The fourth-order valence-electron chi connectivity index (χ4n) is 2.54. The summed E-state index contributed by atoms with van der Waals surface area (Å²) in [4.78, 5) is 2.30. The Hall–Kier alpha value is 0.520. The summed E-state index contributed by atoms with van der Waals surface area (Å²) in [6, 6.07) is 8.83. The van der Waals surface area contributed by atoms with Crippen molar-refractivity contribution in [2.75, 3.05) is 26.3 Å². The van der Waals surface area contributed by atoms with Crippen LogP contribution in [-0.2, 0) is 11.2 Å². The molecule has 0 aliphatic carbocycles. The standard InChI is InChI=1S/C16H19I2NO2S/c17-16(18,19-10-14(20)11-19)5-7-21-6-3-12-1-2-15-13(9-12)4-8-22-15/h1-2,4,8-9,14,20H,3,5-7,10-11H2. The Morgan fingerprint density at radius 2 is 2.09 bits per heavy atom. The van der Waals surface area contributed by atoms with Crippen LogP contribution >= 0.6 is 56.5 Å². The Morgan fingerprint density at radius 1 is 1.27 bits per heavy atom. The van der Waals surface area contributed by atoms with Gasteiger partial charge in [-0.05, 0) is 80.1 Å². The van der Waals surface area contributed by atoms with Gasteiger partial charge in [0.15, 0.2) is 0 Å². The second kappa shape index (κ2) is 7.60. The molecule has 2 heterocycles. The SMILES string of the molecule is OC1CN(C(I)(I)CCOCCc2ccc3sccc3c2)C1. The number of nitrogens with zero attached hydrogens (tertiary/aromatic N) is 1. The number of hydrogen-bond acceptors (Lipinski definition) is 4. The normalized spacial score (nSPS) is 17.0. The molecule has 0 atom stereocenters. The smallest absolute Gasteiger partial charge is 0.127 e. The first-order valence-electron chi connectivity index (χ1n) is 7.39. The Bertz CT molecular complexity index is 625. The summed E-state index contributed by atoms with van der Waals surface area (Å²) >= 11 is 6.70. The van der Waals surface area contributed by atoms with Crippen LogP contribution in [0, 0.1) is 0 Å². The van der Waals surface area contributed by atoms with Crippen LogP contribution in [0.15, 0.2) is 29.6 Å². The molecule has 1 aliphatic rings. The average molecular weight is 543 g/mol. The van der Waals surface area contributed by atoms with Crippen molar-refractivity contribution in [2.24, 2.45) is 0 Å². The summed E-state index contributed by atoms with van der Waals surface area (Å²) in [5.41, 5.74) is 1.34. The van der Waals surface area contributed by atoms with Gasteiger partial charge in [0, 0.05) is 30.8 Å². The van der Waals surface area contributed by atoms with Gasteiger partial charge in [-0.15, -0.1) is 11.3 Å². The van der Waals surface area contributed by atoms with Gasteiger partial charge in [0.05, 0.1) is 12.7 Å². The minimum absolute atomic E-state index is 0.0599. The average Bonchev–Trinajstić information content (AvgIpc) is 2.91. The molecule has 1 N–H and O–H groups in total. The van der Waals surface area contributed by atoms with Crippen molar-refractivity contribution >= 4 is 66.6 Å². The molecule has 3 rings (SSSR count). The number of halogens is 2. The Labute approximate surface area is 162 Å². The summed E-state index contributed by atoms with van der Waals surface area (Å²) in [7, 11) is 0. The zero-order valence-corrected chi connectivity index (χ0v) is 17.3. The lowest BCUT2D eigenvalue weighted by Crippen LogP contribution is -2.57. The number of β-amino-alcohol motifs (C(OH)–C–C–N with tert-alkyl or cyclic N) is 1. The van der Waals surface area contributed by atoms with Crippen LogP contribution in [-0.4, -0.2) is 44.0 Å². The van der Waals surface area contributed by atoms with E-state index in [9.17, 15) is 5.11 Å². The number of fused-ring (bicyclic) bond motifs is 1. The molecule has 3 nitrogen and oxygen atoms in total. The lowest BCUT2D eigenvalue weighted by molar-refractivity contribution is -0.0116. The fraction of sp³-hybridized carbons (Fsp3) is 0.500. The highest BCUT2D eigenvalue weighted by Gasteiger charge is 2.38. The largest absolute Gasteiger partial charge is 0.390 e. The first-order chi connectivity index (χ1) is 10.5. The zero-order valence-electron chi connectivity index (χ0n) is 12.2. The van der Waals surface area contributed by atoms with E-state index < -0.39 is 0 Å². The van der Waals surface area contributed by atoms with E-state index in [4.69, 9.17) is 4.74 Å². The van der Waals surface area contributed by atoms with E-state index in [2.05, 4.69) is 79.7 Å². The number of aliphatic hydroxyl groups excluding tert-OH is 1. The highest BCUT2D eigenvalue weighted by atomic mass is 127. The first kappa shape index (κ1) is 17.3. The van der Waals surface area contributed by atoms with E-state index in [1.165, 1.54) is 15.6 Å². The van der Waals surface area contributed by atoms with Gasteiger partial charge in [-0.1, -0.05) is 12.1 Å². The zero-order chi connectivity index (χ0) is 15.6. The molecule has 22 heavy (non-hydrogen) atoms. The van der Waals surface area contributed by atoms with Crippen LogP contribution in [0.25, 0.3) is 10.1 Å². The number of hydrogen-bond donors (Lipinski definition) is 1. The minimum atomic E-state index is -0.142. The molecule has 0 amide bonds. The highest BCUT2D eigenvalue weighted by molar-refractivity contribution is 14.2. The van der Waals surface area contributed by atoms with E-state index in [-0.39, 0.29) is 7.66 Å². The number of thiophene rings is 1. The first-order valence-corrected chi connectivity index (χ1v) is 10.4. The molecule has 1 fully saturated rings. The minimum Gasteiger partial charge on any atom is -0.390 e. The van der Waals surface area contributed by atoms with Gasteiger partial charge in [-0.3, -0.25) is 4.90 Å². The van der Waals surface area contributed by atoms with Crippen molar-refractivity contribution < 1.29 is 9.84 Å². The maximum Gasteiger partial charge on any atom is 0.127 e. The van der Waals surface area contributed by atoms with Gasteiger partial charge in [0.25, 0.3) is 0 Å². The van der Waals surface area contributed by atoms with E-state index in [1.54, 1.807) is 11.3 Å². The molecule has 1 aliphatic heterocycles. The molecule has 1 saturated heterocycles. The quantitative estimate of drug-likeness (QED) is 0.248. The second-order valence-electron chi connectivity index (χ2n) is 5.63. The highest BCUT2D eigenvalue weighted by Crippen LogP contribution is 2.38. The van der Waals surface area contributed by atoms with Crippen LogP contribution < -0.4 is 0 Å². The third kappa shape index (κ3) is 4.32. The van der Waals surface area contributed by atoms with Crippen molar-refractivity contribution in [3.05, 3.63) is 35.2 Å². The van der Waals surface area contributed by atoms with Gasteiger partial charge >= 0.3 is 0 Å². The summed E-state index contributed by atoms with van der Waals surface area (Å²) in [6.07, 6.45) is 1.80. The molecule has 2 aromatic rings. The number of aliphatic hydroxyl groups is 1. The predicted octanol–water partition coefficient (Wildman–Crippen LogP) is 4.05. The van der Waals surface area contributed by atoms with E-state index in [1.807, 2.05) is 0 Å². The van der Waals surface area contributed by atoms with E-state index >= 15 is 0 Å². The molecule has 0 bridgehead atoms. The van der Waals surface area contributed by atoms with Crippen LogP contribution in [0.4, 0.5) is 0 Å². The van der Waals surface area contributed by atoms with Crippen LogP contribution in [0.5, 0.6) is 0 Å². The Morgan fingerprint density at radius 3 is 2.86 bits per heavy atom. The maximum absolute atomic E-state index is 9.40. The molecule has 0 radical (unpaired) electrons. The van der Waals surface area contributed by atoms with Crippen LogP contribution in [0.1, 0.15) is 12.0 Å². The van der Waals surface area contributed by atoms with Crippen molar-refractivity contribution in [1.29, 1.82) is 0 Å². The lowest BCUT2D eigenvalue weighted by Gasteiger charge is -2.44. The second-order valence-corrected chi connectivity index (χ2v) is 12.2. The molecular weight excluding hydrogens is 524 g/mol. The fourth-order valence-corrected chi connectivity index (χ4v) is 4.54. The van der Waals surface area contributed by atoms with Gasteiger partial charge in [0.1, 0.15) is 1.55 Å². The number of alkyl halides is 2. The molecule has 1 aromatic heterocycles. The molecular formula is C16H19I2NO2S. The number of ether oxygens (including phenoxy) is 1. The summed E-state index contributed by atoms with van der Waals surface area (Å²) in [6.45, 7) is 3.10. The number of rotatable bonds is 7.